The van der Waals surface area contributed by atoms with Crippen LogP contribution in [0, 0.1) is 0 Å². The van der Waals surface area contributed by atoms with Gasteiger partial charge in [-0.25, -0.2) is 0 Å². The van der Waals surface area contributed by atoms with E-state index >= 15 is 0 Å². The minimum absolute atomic E-state index is 0.0737. The molecule has 1 aliphatic rings. The minimum atomic E-state index is -0.0737. The highest BCUT2D eigenvalue weighted by Gasteiger charge is 2.29. The van der Waals surface area contributed by atoms with E-state index in [0.29, 0.717) is 0 Å². The maximum absolute atomic E-state index is 5.77. The second-order valence-corrected chi connectivity index (χ2v) is 6.19. The number of nitrogens with zero attached hydrogens (tertiary/aromatic N) is 1. The molecule has 5 heteroatoms. The molecular weight excluding hydrogens is 270 g/mol. The predicted octanol–water partition coefficient (Wildman–Crippen LogP) is 2.41. The third-order valence-electron chi connectivity index (χ3n) is 3.50. The van der Waals surface area contributed by atoms with Crippen LogP contribution in [0.3, 0.4) is 0 Å². The van der Waals surface area contributed by atoms with Gasteiger partial charge < -0.3 is 15.4 Å². The topological polar surface area (TPSA) is 45.7 Å². The van der Waals surface area contributed by atoms with Crippen molar-refractivity contribution < 1.29 is 4.74 Å². The average Bonchev–Trinajstić information content (AvgIpc) is 3.08. The van der Waals surface area contributed by atoms with Gasteiger partial charge >= 0.3 is 0 Å². The number of aliphatic imine (C=N–C) groups is 1. The van der Waals surface area contributed by atoms with Gasteiger partial charge in [-0.3, -0.25) is 4.99 Å². The van der Waals surface area contributed by atoms with Crippen LogP contribution in [0.2, 0.25) is 0 Å². The van der Waals surface area contributed by atoms with Gasteiger partial charge in [0.05, 0.1) is 12.1 Å². The first-order valence-electron chi connectivity index (χ1n) is 7.39. The fourth-order valence-electron chi connectivity index (χ4n) is 2.31. The monoisotopic (exact) mass is 295 g/mol. The molecule has 0 amide bonds. The van der Waals surface area contributed by atoms with Crippen molar-refractivity contribution in [2.45, 2.75) is 38.7 Å². The van der Waals surface area contributed by atoms with Crippen molar-refractivity contribution in [2.75, 3.05) is 26.2 Å². The third-order valence-corrected chi connectivity index (χ3v) is 4.23. The Kier molecular flexibility index (Phi) is 5.86. The SMILES string of the molecule is CCNC(=NCC1(C)CCCO1)NCCc1ccsc1. The van der Waals surface area contributed by atoms with Crippen LogP contribution in [0.1, 0.15) is 32.3 Å². The molecule has 0 radical (unpaired) electrons. The molecule has 1 aliphatic heterocycles. The molecule has 0 aromatic carbocycles. The lowest BCUT2D eigenvalue weighted by atomic mass is 10.0. The molecular formula is C15H25N3OS. The van der Waals surface area contributed by atoms with Gasteiger partial charge in [0.1, 0.15) is 0 Å². The van der Waals surface area contributed by atoms with Crippen LogP contribution >= 0.6 is 11.3 Å². The summed E-state index contributed by atoms with van der Waals surface area (Å²) in [4.78, 5) is 4.66. The summed E-state index contributed by atoms with van der Waals surface area (Å²) in [6.07, 6.45) is 3.28. The fourth-order valence-corrected chi connectivity index (χ4v) is 3.01. The summed E-state index contributed by atoms with van der Waals surface area (Å²) < 4.78 is 5.77. The zero-order valence-corrected chi connectivity index (χ0v) is 13.3. The summed E-state index contributed by atoms with van der Waals surface area (Å²) in [5.74, 6) is 0.888. The summed E-state index contributed by atoms with van der Waals surface area (Å²) in [5, 5.41) is 11.0. The van der Waals surface area contributed by atoms with Crippen LogP contribution in [0.15, 0.2) is 21.8 Å². The molecule has 4 nitrogen and oxygen atoms in total. The summed E-state index contributed by atoms with van der Waals surface area (Å²) in [6.45, 7) is 7.61. The number of hydrogen-bond donors (Lipinski definition) is 2. The summed E-state index contributed by atoms with van der Waals surface area (Å²) in [7, 11) is 0. The Morgan fingerprint density at radius 3 is 3.05 bits per heavy atom. The Hall–Kier alpha value is -1.07. The van der Waals surface area contributed by atoms with Crippen LogP contribution in [-0.2, 0) is 11.2 Å². The van der Waals surface area contributed by atoms with E-state index in [4.69, 9.17) is 4.74 Å². The second-order valence-electron chi connectivity index (χ2n) is 5.41. The zero-order chi connectivity index (χ0) is 14.3. The summed E-state index contributed by atoms with van der Waals surface area (Å²) in [5.41, 5.74) is 1.31. The van der Waals surface area contributed by atoms with Crippen molar-refractivity contribution in [3.05, 3.63) is 22.4 Å². The number of ether oxygens (including phenoxy) is 1. The first-order valence-corrected chi connectivity index (χ1v) is 8.33. The highest BCUT2D eigenvalue weighted by atomic mass is 32.1. The molecule has 2 N–H and O–H groups in total. The lowest BCUT2D eigenvalue weighted by Gasteiger charge is -2.21. The number of guanidine groups is 1. The molecule has 2 rings (SSSR count). The van der Waals surface area contributed by atoms with Gasteiger partial charge in [-0.15, -0.1) is 0 Å². The van der Waals surface area contributed by atoms with Crippen molar-refractivity contribution >= 4 is 17.3 Å². The van der Waals surface area contributed by atoms with E-state index in [1.54, 1.807) is 11.3 Å². The Bertz CT molecular complexity index is 411. The van der Waals surface area contributed by atoms with E-state index in [0.717, 1.165) is 51.5 Å². The van der Waals surface area contributed by atoms with Crippen LogP contribution in [-0.4, -0.2) is 37.8 Å². The van der Waals surface area contributed by atoms with Crippen molar-refractivity contribution in [3.63, 3.8) is 0 Å². The first-order chi connectivity index (χ1) is 9.72. The number of hydrogen-bond acceptors (Lipinski definition) is 3. The van der Waals surface area contributed by atoms with E-state index in [9.17, 15) is 0 Å². The largest absolute Gasteiger partial charge is 0.373 e. The third kappa shape index (κ3) is 4.80. The molecule has 1 unspecified atom stereocenters. The Morgan fingerprint density at radius 2 is 2.40 bits per heavy atom. The lowest BCUT2D eigenvalue weighted by Crippen LogP contribution is -2.40. The van der Waals surface area contributed by atoms with E-state index in [1.165, 1.54) is 5.56 Å². The molecule has 20 heavy (non-hydrogen) atoms. The lowest BCUT2D eigenvalue weighted by molar-refractivity contribution is 0.0283. The van der Waals surface area contributed by atoms with Crippen molar-refractivity contribution in [1.82, 2.24) is 10.6 Å². The van der Waals surface area contributed by atoms with Crippen molar-refractivity contribution in [2.24, 2.45) is 4.99 Å². The van der Waals surface area contributed by atoms with Gasteiger partial charge in [0, 0.05) is 19.7 Å². The van der Waals surface area contributed by atoms with Crippen LogP contribution < -0.4 is 10.6 Å². The molecule has 0 saturated carbocycles. The first kappa shape index (κ1) is 15.3. The maximum atomic E-state index is 5.77. The highest BCUT2D eigenvalue weighted by molar-refractivity contribution is 7.07. The van der Waals surface area contributed by atoms with Crippen LogP contribution in [0.25, 0.3) is 0 Å². The van der Waals surface area contributed by atoms with Gasteiger partial charge in [0.25, 0.3) is 0 Å². The Morgan fingerprint density at radius 1 is 1.50 bits per heavy atom. The highest BCUT2D eigenvalue weighted by Crippen LogP contribution is 2.24. The molecule has 112 valence electrons. The van der Waals surface area contributed by atoms with E-state index in [1.807, 2.05) is 0 Å². The molecule has 0 aliphatic carbocycles. The van der Waals surface area contributed by atoms with E-state index in [2.05, 4.69) is 46.3 Å². The van der Waals surface area contributed by atoms with Gasteiger partial charge in [0.15, 0.2) is 5.96 Å². The smallest absolute Gasteiger partial charge is 0.191 e. The fraction of sp³-hybridized carbons (Fsp3) is 0.667. The van der Waals surface area contributed by atoms with Gasteiger partial charge in [0.2, 0.25) is 0 Å². The molecule has 1 fully saturated rings. The Labute approximate surface area is 125 Å². The minimum Gasteiger partial charge on any atom is -0.373 e. The van der Waals surface area contributed by atoms with E-state index < -0.39 is 0 Å². The molecule has 1 atom stereocenters. The predicted molar refractivity (Wildman–Crippen MR) is 85.6 cm³/mol. The Balaban J connectivity index is 1.79. The standard InChI is InChI=1S/C15H25N3OS/c1-3-16-14(17-8-5-13-6-10-20-11-13)18-12-15(2)7-4-9-19-15/h6,10-11H,3-5,7-9,12H2,1-2H3,(H2,16,17,18). The molecule has 2 heterocycles. The van der Waals surface area contributed by atoms with Crippen LogP contribution in [0.4, 0.5) is 0 Å². The van der Waals surface area contributed by atoms with Gasteiger partial charge in [-0.1, -0.05) is 0 Å². The summed E-state index contributed by atoms with van der Waals surface area (Å²) >= 11 is 1.75. The second kappa shape index (κ2) is 7.64. The quantitative estimate of drug-likeness (QED) is 0.626. The number of thiophene rings is 1. The van der Waals surface area contributed by atoms with Crippen molar-refractivity contribution in [3.8, 4) is 0 Å². The maximum Gasteiger partial charge on any atom is 0.191 e. The molecule has 1 saturated heterocycles. The molecule has 0 bridgehead atoms. The number of rotatable bonds is 6. The van der Waals surface area contributed by atoms with Crippen molar-refractivity contribution in [1.29, 1.82) is 0 Å². The molecule has 1 aromatic heterocycles. The molecule has 1 aromatic rings. The zero-order valence-electron chi connectivity index (χ0n) is 12.4. The van der Waals surface area contributed by atoms with E-state index in [-0.39, 0.29) is 5.60 Å². The summed E-state index contributed by atoms with van der Waals surface area (Å²) in [6, 6.07) is 2.17. The normalized spacial score (nSPS) is 23.0. The average molecular weight is 295 g/mol. The molecule has 0 spiro atoms. The number of nitrogens with one attached hydrogen (secondary N) is 2. The van der Waals surface area contributed by atoms with Crippen LogP contribution in [0.5, 0.6) is 0 Å². The van der Waals surface area contributed by atoms with Gasteiger partial charge in [-0.2, -0.15) is 11.3 Å². The van der Waals surface area contributed by atoms with Gasteiger partial charge in [-0.05, 0) is 55.5 Å².